The Labute approximate surface area is 255 Å². The quantitative estimate of drug-likeness (QED) is 0.391. The first-order valence-electron chi connectivity index (χ1n) is 15.8. The van der Waals surface area contributed by atoms with Gasteiger partial charge in [0.25, 0.3) is 0 Å². The van der Waals surface area contributed by atoms with Crippen molar-refractivity contribution in [2.24, 2.45) is 0 Å². The fourth-order valence-corrected chi connectivity index (χ4v) is 9.33. The standard InChI is InChI=1S/C37H43N3O3/c1-25-9-8-12-27(23-25)13-16-32(42)39(4)29-17-19-37(38(2)3)31-24-28-14-15-30(41)34-33(28)36(37,35(29)43-34)20-22-40(31)21-18-26-10-6-5-7-11-26/h5-16,23,29,31,35,41H,17-22,24H2,1-4H3/t29-,31-,35+,36+,37-/m1/s1. The van der Waals surface area contributed by atoms with E-state index in [4.69, 9.17) is 4.74 Å². The second-order valence-electron chi connectivity index (χ2n) is 13.3. The summed E-state index contributed by atoms with van der Waals surface area (Å²) in [6.07, 6.45) is 8.08. The number of nitrogens with zero attached hydrogens (tertiary/aromatic N) is 3. The highest BCUT2D eigenvalue weighted by atomic mass is 16.5. The van der Waals surface area contributed by atoms with Crippen molar-refractivity contribution in [1.82, 2.24) is 14.7 Å². The molecule has 2 bridgehead atoms. The minimum absolute atomic E-state index is 0.0167. The topological polar surface area (TPSA) is 56.2 Å². The van der Waals surface area contributed by atoms with E-state index in [1.54, 1.807) is 6.08 Å². The molecule has 1 saturated heterocycles. The maximum atomic E-state index is 13.7. The number of piperidine rings is 1. The van der Waals surface area contributed by atoms with Gasteiger partial charge in [-0.1, -0.05) is 66.2 Å². The van der Waals surface area contributed by atoms with Gasteiger partial charge < -0.3 is 19.6 Å². The van der Waals surface area contributed by atoms with Gasteiger partial charge in [-0.15, -0.1) is 0 Å². The number of amides is 1. The minimum Gasteiger partial charge on any atom is -0.504 e. The van der Waals surface area contributed by atoms with E-state index in [0.29, 0.717) is 11.8 Å². The number of hydrogen-bond donors (Lipinski definition) is 1. The van der Waals surface area contributed by atoms with Gasteiger partial charge in [0, 0.05) is 36.8 Å². The Morgan fingerprint density at radius 2 is 1.88 bits per heavy atom. The number of likely N-dealkylation sites (tertiary alicyclic amines) is 1. The largest absolute Gasteiger partial charge is 0.504 e. The van der Waals surface area contributed by atoms with Crippen molar-refractivity contribution in [2.45, 2.75) is 68.2 Å². The number of hydrogen-bond acceptors (Lipinski definition) is 5. The molecular formula is C37H43N3O3. The lowest BCUT2D eigenvalue weighted by Gasteiger charge is -2.69. The van der Waals surface area contributed by atoms with Gasteiger partial charge in [0.05, 0.1) is 11.5 Å². The summed E-state index contributed by atoms with van der Waals surface area (Å²) in [5.74, 6) is 0.845. The summed E-state index contributed by atoms with van der Waals surface area (Å²) in [7, 11) is 6.39. The Morgan fingerprint density at radius 1 is 1.07 bits per heavy atom. The summed E-state index contributed by atoms with van der Waals surface area (Å²) in [6.45, 7) is 4.05. The average molecular weight is 578 g/mol. The molecule has 1 N–H and O–H groups in total. The molecule has 2 aliphatic heterocycles. The maximum Gasteiger partial charge on any atom is 0.246 e. The molecule has 1 amide bonds. The number of rotatable bonds is 7. The van der Waals surface area contributed by atoms with Crippen molar-refractivity contribution in [2.75, 3.05) is 34.2 Å². The van der Waals surface area contributed by atoms with Crippen LogP contribution in [0.5, 0.6) is 11.5 Å². The van der Waals surface area contributed by atoms with E-state index in [1.165, 1.54) is 22.3 Å². The molecule has 1 saturated carbocycles. The predicted octanol–water partition coefficient (Wildman–Crippen LogP) is 5.21. The fourth-order valence-electron chi connectivity index (χ4n) is 9.33. The van der Waals surface area contributed by atoms with E-state index in [0.717, 1.165) is 50.8 Å². The van der Waals surface area contributed by atoms with Crippen molar-refractivity contribution >= 4 is 12.0 Å². The van der Waals surface area contributed by atoms with Crippen LogP contribution in [0.3, 0.4) is 0 Å². The third-order valence-electron chi connectivity index (χ3n) is 11.2. The molecule has 43 heavy (non-hydrogen) atoms. The molecule has 3 aromatic carbocycles. The molecule has 6 heteroatoms. The van der Waals surface area contributed by atoms with E-state index < -0.39 is 0 Å². The maximum absolute atomic E-state index is 13.7. The Hall–Kier alpha value is -3.61. The first-order valence-corrected chi connectivity index (χ1v) is 15.8. The molecule has 4 aliphatic rings. The molecule has 7 rings (SSSR count). The van der Waals surface area contributed by atoms with E-state index in [9.17, 15) is 9.90 Å². The van der Waals surface area contributed by atoms with Crippen LogP contribution in [-0.2, 0) is 23.1 Å². The average Bonchev–Trinajstić information content (AvgIpc) is 3.36. The third-order valence-corrected chi connectivity index (χ3v) is 11.2. The van der Waals surface area contributed by atoms with Gasteiger partial charge in [0.2, 0.25) is 5.91 Å². The fraction of sp³-hybridized carbons (Fsp3) is 0.432. The highest BCUT2D eigenvalue weighted by Gasteiger charge is 2.74. The number of aryl methyl sites for hydroxylation is 1. The molecule has 0 unspecified atom stereocenters. The Kier molecular flexibility index (Phi) is 6.90. The Morgan fingerprint density at radius 3 is 2.65 bits per heavy atom. The van der Waals surface area contributed by atoms with Crippen molar-refractivity contribution in [3.05, 3.63) is 101 Å². The summed E-state index contributed by atoms with van der Waals surface area (Å²) >= 11 is 0. The number of carbonyl (C=O) groups excluding carboxylic acids is 1. The molecule has 2 aliphatic carbocycles. The van der Waals surface area contributed by atoms with Crippen LogP contribution in [-0.4, -0.2) is 83.7 Å². The molecule has 1 spiro atoms. The zero-order chi connectivity index (χ0) is 29.9. The van der Waals surface area contributed by atoms with Gasteiger partial charge in [-0.25, -0.2) is 0 Å². The predicted molar refractivity (Wildman–Crippen MR) is 170 cm³/mol. The zero-order valence-corrected chi connectivity index (χ0v) is 25.8. The summed E-state index contributed by atoms with van der Waals surface area (Å²) in [4.78, 5) is 20.8. The summed E-state index contributed by atoms with van der Waals surface area (Å²) in [5, 5.41) is 11.1. The summed E-state index contributed by atoms with van der Waals surface area (Å²) < 4.78 is 6.90. The third kappa shape index (κ3) is 4.17. The number of phenols is 1. The summed E-state index contributed by atoms with van der Waals surface area (Å²) in [6, 6.07) is 23.1. The number of likely N-dealkylation sites (N-methyl/N-ethyl adjacent to an activating group) is 2. The Balaban J connectivity index is 1.26. The lowest BCUT2D eigenvalue weighted by molar-refractivity contribution is -0.160. The first-order chi connectivity index (χ1) is 20.8. The monoisotopic (exact) mass is 577 g/mol. The SMILES string of the molecule is Cc1cccc(C=CC(=O)N(C)[C@@H]2CC[C@@]3(N(C)C)[C@H]4Cc5ccc(O)c6c5[C@@]3(CCN4CCc3ccccc3)[C@H]2O6)c1. The molecular weight excluding hydrogens is 534 g/mol. The van der Waals surface area contributed by atoms with Gasteiger partial charge in [0.15, 0.2) is 11.5 Å². The van der Waals surface area contributed by atoms with Crippen LogP contribution in [0.2, 0.25) is 0 Å². The molecule has 2 fully saturated rings. The molecule has 0 radical (unpaired) electrons. The first kappa shape index (κ1) is 28.2. The minimum atomic E-state index is -0.316. The summed E-state index contributed by atoms with van der Waals surface area (Å²) in [5.41, 5.74) is 5.56. The highest BCUT2D eigenvalue weighted by molar-refractivity contribution is 5.92. The smallest absolute Gasteiger partial charge is 0.246 e. The van der Waals surface area contributed by atoms with Gasteiger partial charge in [-0.3, -0.25) is 9.69 Å². The van der Waals surface area contributed by atoms with Crippen LogP contribution in [0, 0.1) is 6.92 Å². The van der Waals surface area contributed by atoms with Gasteiger partial charge in [-0.2, -0.15) is 0 Å². The van der Waals surface area contributed by atoms with Crippen LogP contribution in [0.25, 0.3) is 6.08 Å². The number of phenolic OH excluding ortho intramolecular Hbond substituents is 1. The molecule has 2 heterocycles. The van der Waals surface area contributed by atoms with Crippen LogP contribution in [0.15, 0.2) is 72.8 Å². The van der Waals surface area contributed by atoms with Gasteiger partial charge >= 0.3 is 0 Å². The molecule has 3 aromatic rings. The zero-order valence-electron chi connectivity index (χ0n) is 25.8. The second kappa shape index (κ2) is 10.5. The van der Waals surface area contributed by atoms with Crippen molar-refractivity contribution in [3.63, 3.8) is 0 Å². The molecule has 5 atom stereocenters. The van der Waals surface area contributed by atoms with E-state index in [2.05, 4.69) is 79.3 Å². The highest BCUT2D eigenvalue weighted by Crippen LogP contribution is 2.67. The van der Waals surface area contributed by atoms with Crippen molar-refractivity contribution in [1.29, 1.82) is 0 Å². The van der Waals surface area contributed by atoms with E-state index in [1.807, 2.05) is 36.2 Å². The van der Waals surface area contributed by atoms with E-state index in [-0.39, 0.29) is 34.8 Å². The number of benzene rings is 3. The molecule has 6 nitrogen and oxygen atoms in total. The van der Waals surface area contributed by atoms with Gasteiger partial charge in [-0.05, 0) is 88.5 Å². The Bertz CT molecular complexity index is 1570. The van der Waals surface area contributed by atoms with Crippen LogP contribution >= 0.6 is 0 Å². The second-order valence-corrected chi connectivity index (χ2v) is 13.3. The molecule has 224 valence electrons. The van der Waals surface area contributed by atoms with Crippen LogP contribution in [0.4, 0.5) is 0 Å². The van der Waals surface area contributed by atoms with Gasteiger partial charge in [0.1, 0.15) is 6.10 Å². The normalized spacial score (nSPS) is 29.0. The lowest BCUT2D eigenvalue weighted by atomic mass is 9.46. The van der Waals surface area contributed by atoms with E-state index >= 15 is 0 Å². The number of aromatic hydroxyl groups is 1. The number of carbonyl (C=O) groups is 1. The lowest BCUT2D eigenvalue weighted by Crippen LogP contribution is -2.82. The van der Waals surface area contributed by atoms with Crippen molar-refractivity contribution < 1.29 is 14.6 Å². The number of ether oxygens (including phenoxy) is 1. The van der Waals surface area contributed by atoms with Crippen LogP contribution in [0.1, 0.15) is 47.1 Å². The van der Waals surface area contributed by atoms with Crippen molar-refractivity contribution in [3.8, 4) is 11.5 Å². The van der Waals surface area contributed by atoms with Crippen LogP contribution < -0.4 is 4.74 Å². The molecule has 0 aromatic heterocycles.